The Hall–Kier alpha value is -0.630. The second-order valence-electron chi connectivity index (χ2n) is 3.59. The van der Waals surface area contributed by atoms with Gasteiger partial charge in [0.15, 0.2) is 5.78 Å². The van der Waals surface area contributed by atoms with Crippen molar-refractivity contribution in [2.75, 3.05) is 0 Å². The van der Waals surface area contributed by atoms with Gasteiger partial charge in [0, 0.05) is 0 Å². The van der Waals surface area contributed by atoms with Crippen molar-refractivity contribution in [2.24, 2.45) is 5.92 Å². The van der Waals surface area contributed by atoms with Crippen molar-refractivity contribution >= 4 is 5.78 Å². The van der Waals surface area contributed by atoms with Crippen LogP contribution >= 0.6 is 0 Å². The van der Waals surface area contributed by atoms with Crippen LogP contribution in [0.15, 0.2) is 12.2 Å². The van der Waals surface area contributed by atoms with Crippen molar-refractivity contribution in [2.45, 2.75) is 32.3 Å². The average molecular weight is 154 g/mol. The molecule has 0 aliphatic heterocycles. The van der Waals surface area contributed by atoms with E-state index in [1.54, 1.807) is 19.9 Å². The summed E-state index contributed by atoms with van der Waals surface area (Å²) >= 11 is 0. The van der Waals surface area contributed by atoms with E-state index in [0.29, 0.717) is 0 Å². The maximum Gasteiger partial charge on any atom is 0.161 e. The molecule has 1 aliphatic carbocycles. The van der Waals surface area contributed by atoms with E-state index >= 15 is 0 Å². The van der Waals surface area contributed by atoms with E-state index in [4.69, 9.17) is 0 Å². The highest BCUT2D eigenvalue weighted by atomic mass is 16.3. The Morgan fingerprint density at radius 2 is 2.27 bits per heavy atom. The molecule has 0 heterocycles. The molecular formula is C9H14O2. The third-order valence-electron chi connectivity index (χ3n) is 2.10. The summed E-state index contributed by atoms with van der Waals surface area (Å²) in [6.45, 7) is 3.38. The summed E-state index contributed by atoms with van der Waals surface area (Å²) in [7, 11) is 0. The normalized spacial score (nSPS) is 25.7. The predicted octanol–water partition coefficient (Wildman–Crippen LogP) is 1.29. The smallest absolute Gasteiger partial charge is 0.161 e. The zero-order chi connectivity index (χ0) is 8.48. The van der Waals surface area contributed by atoms with Crippen LogP contribution in [0.25, 0.3) is 0 Å². The molecule has 0 saturated heterocycles. The summed E-state index contributed by atoms with van der Waals surface area (Å²) in [6, 6.07) is 0. The van der Waals surface area contributed by atoms with Crippen molar-refractivity contribution < 1.29 is 9.90 Å². The second-order valence-corrected chi connectivity index (χ2v) is 3.59. The number of aliphatic hydroxyl groups is 1. The van der Waals surface area contributed by atoms with Crippen molar-refractivity contribution in [3.63, 3.8) is 0 Å². The number of hydrogen-bond donors (Lipinski definition) is 1. The molecule has 2 heteroatoms. The molecule has 0 aromatic rings. The van der Waals surface area contributed by atoms with Crippen LogP contribution in [0.4, 0.5) is 0 Å². The van der Waals surface area contributed by atoms with Gasteiger partial charge in [-0.15, -0.1) is 0 Å². The monoisotopic (exact) mass is 154 g/mol. The molecule has 0 amide bonds. The Bertz CT molecular complexity index is 186. The molecule has 1 rings (SSSR count). The number of allylic oxidation sites excluding steroid dienone is 2. The van der Waals surface area contributed by atoms with Gasteiger partial charge in [-0.25, -0.2) is 0 Å². The van der Waals surface area contributed by atoms with Gasteiger partial charge in [0.25, 0.3) is 0 Å². The van der Waals surface area contributed by atoms with Gasteiger partial charge in [-0.2, -0.15) is 0 Å². The van der Waals surface area contributed by atoms with Crippen LogP contribution in [0, 0.1) is 5.92 Å². The summed E-state index contributed by atoms with van der Waals surface area (Å²) < 4.78 is 0. The number of hydrogen-bond acceptors (Lipinski definition) is 2. The molecule has 0 radical (unpaired) electrons. The minimum atomic E-state index is -0.859. The van der Waals surface area contributed by atoms with E-state index in [1.807, 2.05) is 6.08 Å². The lowest BCUT2D eigenvalue weighted by atomic mass is 9.81. The van der Waals surface area contributed by atoms with E-state index < -0.39 is 5.60 Å². The summed E-state index contributed by atoms with van der Waals surface area (Å²) in [5.41, 5.74) is -0.859. The topological polar surface area (TPSA) is 37.3 Å². The molecule has 0 spiro atoms. The molecule has 1 aliphatic rings. The van der Waals surface area contributed by atoms with Gasteiger partial charge in [0.05, 0.1) is 11.5 Å². The van der Waals surface area contributed by atoms with Gasteiger partial charge in [-0.1, -0.05) is 6.08 Å². The highest BCUT2D eigenvalue weighted by molar-refractivity contribution is 5.93. The number of carbonyl (C=O) groups is 1. The first-order valence-electron chi connectivity index (χ1n) is 3.94. The van der Waals surface area contributed by atoms with Crippen LogP contribution in [-0.4, -0.2) is 16.5 Å². The molecule has 0 fully saturated rings. The molecule has 1 unspecified atom stereocenters. The molecule has 62 valence electrons. The lowest BCUT2D eigenvalue weighted by Gasteiger charge is -2.28. The van der Waals surface area contributed by atoms with Crippen molar-refractivity contribution in [3.8, 4) is 0 Å². The number of ketones is 1. The molecule has 2 nitrogen and oxygen atoms in total. The number of rotatable bonds is 1. The van der Waals surface area contributed by atoms with Crippen molar-refractivity contribution in [1.29, 1.82) is 0 Å². The summed E-state index contributed by atoms with van der Waals surface area (Å²) in [4.78, 5) is 11.2. The van der Waals surface area contributed by atoms with Gasteiger partial charge < -0.3 is 5.11 Å². The van der Waals surface area contributed by atoms with Crippen molar-refractivity contribution in [1.82, 2.24) is 0 Å². The molecule has 1 N–H and O–H groups in total. The standard InChI is InChI=1S/C9H14O2/c1-9(2,11)7-5-3-4-6-8(7)10/h4,6-7,11H,3,5H2,1-2H3. The first-order valence-corrected chi connectivity index (χ1v) is 3.94. The zero-order valence-electron chi connectivity index (χ0n) is 7.00. The summed E-state index contributed by atoms with van der Waals surface area (Å²) in [5.74, 6) is -0.142. The first-order chi connectivity index (χ1) is 5.02. The summed E-state index contributed by atoms with van der Waals surface area (Å²) in [5, 5.41) is 9.56. The molecule has 0 aromatic heterocycles. The maximum absolute atomic E-state index is 11.2. The average Bonchev–Trinajstić information content (AvgIpc) is 1.86. The van der Waals surface area contributed by atoms with Gasteiger partial charge in [-0.05, 0) is 32.8 Å². The minimum absolute atomic E-state index is 0.0590. The van der Waals surface area contributed by atoms with Crippen LogP contribution in [0.3, 0.4) is 0 Å². The minimum Gasteiger partial charge on any atom is -0.390 e. The van der Waals surface area contributed by atoms with Gasteiger partial charge in [-0.3, -0.25) is 4.79 Å². The van der Waals surface area contributed by atoms with Crippen LogP contribution in [-0.2, 0) is 4.79 Å². The molecule has 11 heavy (non-hydrogen) atoms. The highest BCUT2D eigenvalue weighted by Crippen LogP contribution is 2.25. The molecule has 1 atom stereocenters. The SMILES string of the molecule is CC(C)(O)C1CCC=CC1=O. The predicted molar refractivity (Wildman–Crippen MR) is 43.2 cm³/mol. The first kappa shape index (κ1) is 8.47. The van der Waals surface area contributed by atoms with Crippen LogP contribution < -0.4 is 0 Å². The Kier molecular flexibility index (Phi) is 2.14. The number of carbonyl (C=O) groups excluding carboxylic acids is 1. The molecule has 0 saturated carbocycles. The summed E-state index contributed by atoms with van der Waals surface area (Å²) in [6.07, 6.45) is 5.12. The third-order valence-corrected chi connectivity index (χ3v) is 2.10. The maximum atomic E-state index is 11.2. The largest absolute Gasteiger partial charge is 0.390 e. The lowest BCUT2D eigenvalue weighted by molar-refractivity contribution is -0.126. The Morgan fingerprint density at radius 3 is 2.64 bits per heavy atom. The lowest BCUT2D eigenvalue weighted by Crippen LogP contribution is -2.37. The van der Waals surface area contributed by atoms with E-state index in [-0.39, 0.29) is 11.7 Å². The van der Waals surface area contributed by atoms with Gasteiger partial charge in [0.2, 0.25) is 0 Å². The fraction of sp³-hybridized carbons (Fsp3) is 0.667. The quantitative estimate of drug-likeness (QED) is 0.618. The fourth-order valence-electron chi connectivity index (χ4n) is 1.42. The van der Waals surface area contributed by atoms with E-state index in [1.165, 1.54) is 0 Å². The van der Waals surface area contributed by atoms with Crippen LogP contribution in [0.2, 0.25) is 0 Å². The van der Waals surface area contributed by atoms with Crippen LogP contribution in [0.1, 0.15) is 26.7 Å². The third kappa shape index (κ3) is 1.90. The van der Waals surface area contributed by atoms with Crippen LogP contribution in [0.5, 0.6) is 0 Å². The van der Waals surface area contributed by atoms with E-state index in [0.717, 1.165) is 12.8 Å². The highest BCUT2D eigenvalue weighted by Gasteiger charge is 2.32. The molecule has 0 bridgehead atoms. The van der Waals surface area contributed by atoms with Gasteiger partial charge >= 0.3 is 0 Å². The Balaban J connectivity index is 2.74. The second kappa shape index (κ2) is 2.78. The fourth-order valence-corrected chi connectivity index (χ4v) is 1.42. The Labute approximate surface area is 66.9 Å². The Morgan fingerprint density at radius 1 is 1.64 bits per heavy atom. The van der Waals surface area contributed by atoms with Gasteiger partial charge in [0.1, 0.15) is 0 Å². The zero-order valence-corrected chi connectivity index (χ0v) is 7.00. The molecule has 0 aromatic carbocycles. The van der Waals surface area contributed by atoms with E-state index in [2.05, 4.69) is 0 Å². The van der Waals surface area contributed by atoms with Crippen molar-refractivity contribution in [3.05, 3.63) is 12.2 Å². The molecular weight excluding hydrogens is 140 g/mol. The van der Waals surface area contributed by atoms with E-state index in [9.17, 15) is 9.90 Å².